The fourth-order valence-electron chi connectivity index (χ4n) is 4.00. The fraction of sp³-hybridized carbons (Fsp3) is 1.00. The molecule has 0 radical (unpaired) electrons. The maximum absolute atomic E-state index is 11.4. The summed E-state index contributed by atoms with van der Waals surface area (Å²) in [5, 5.41) is 9.38. The van der Waals surface area contributed by atoms with Gasteiger partial charge in [-0.2, -0.15) is 0 Å². The van der Waals surface area contributed by atoms with E-state index in [1.54, 1.807) is 0 Å². The summed E-state index contributed by atoms with van der Waals surface area (Å²) in [6.45, 7) is 4.36. The van der Waals surface area contributed by atoms with E-state index in [-0.39, 0.29) is 57.5 Å². The Morgan fingerprint density at radius 1 is 0.600 bits per heavy atom. The molecule has 0 bridgehead atoms. The van der Waals surface area contributed by atoms with Crippen molar-refractivity contribution in [2.24, 2.45) is 0 Å². The molecule has 1 N–H and O–H groups in total. The summed E-state index contributed by atoms with van der Waals surface area (Å²) in [4.78, 5) is 0. The van der Waals surface area contributed by atoms with Crippen molar-refractivity contribution in [3.63, 3.8) is 0 Å². The smallest absolute Gasteiger partial charge is 0.748 e. The third-order valence-electron chi connectivity index (χ3n) is 5.99. The van der Waals surface area contributed by atoms with Crippen LogP contribution in [-0.2, 0) is 10.1 Å². The van der Waals surface area contributed by atoms with E-state index in [9.17, 15) is 18.1 Å². The summed E-state index contributed by atoms with van der Waals surface area (Å²) in [6, 6.07) is 0. The zero-order valence-electron chi connectivity index (χ0n) is 20.4. The van der Waals surface area contributed by atoms with Crippen molar-refractivity contribution in [3.8, 4) is 0 Å². The molecule has 0 fully saturated rings. The molecule has 0 aromatic rings. The maximum Gasteiger partial charge on any atom is 1.00 e. The number of aliphatic hydroxyl groups is 1. The zero-order chi connectivity index (χ0) is 21.8. The molecule has 0 amide bonds. The van der Waals surface area contributed by atoms with Gasteiger partial charge >= 0.3 is 51.4 Å². The van der Waals surface area contributed by atoms with Gasteiger partial charge in [0.1, 0.15) is 0 Å². The van der Waals surface area contributed by atoms with E-state index < -0.39 is 15.4 Å². The second-order valence-electron chi connectivity index (χ2n) is 8.87. The van der Waals surface area contributed by atoms with Gasteiger partial charge in [-0.25, -0.2) is 8.42 Å². The second-order valence-corrected chi connectivity index (χ2v) is 10.5. The van der Waals surface area contributed by atoms with Gasteiger partial charge in [-0.3, -0.25) is 0 Å². The number of hydrogen-bond donors (Lipinski definition) is 1. The van der Waals surface area contributed by atoms with Gasteiger partial charge in [0.05, 0.1) is 16.2 Å². The zero-order valence-corrected chi connectivity index (χ0v) is 24.3. The van der Waals surface area contributed by atoms with Crippen molar-refractivity contribution in [2.75, 3.05) is 0 Å². The fourth-order valence-corrected chi connectivity index (χ4v) is 4.91. The topological polar surface area (TPSA) is 77.4 Å². The molecule has 0 rings (SSSR count). The standard InChI is InChI=1S/C24H50O4S.K/c1-3-5-7-9-10-11-12-13-14-15-19-23(25)20-17-18-22-24(29(26,27)28)21-16-8-6-4-2;/h23-25H,3-22H2,1-2H3,(H,26,27,28);/q;+1/p-1. The molecule has 2 unspecified atom stereocenters. The van der Waals surface area contributed by atoms with Crippen LogP contribution in [-0.4, -0.2) is 29.4 Å². The second kappa shape index (κ2) is 23.7. The van der Waals surface area contributed by atoms with Gasteiger partial charge in [-0.15, -0.1) is 0 Å². The van der Waals surface area contributed by atoms with Crippen LogP contribution in [0.2, 0.25) is 0 Å². The van der Waals surface area contributed by atoms with Crippen LogP contribution < -0.4 is 51.4 Å². The van der Waals surface area contributed by atoms with Crippen LogP contribution in [0.3, 0.4) is 0 Å². The summed E-state index contributed by atoms with van der Waals surface area (Å²) in [6.07, 6.45) is 20.7. The molecule has 0 saturated heterocycles. The third kappa shape index (κ3) is 22.7. The Labute approximate surface area is 230 Å². The Balaban J connectivity index is 0. The first-order valence-corrected chi connectivity index (χ1v) is 14.0. The molecule has 0 aliphatic carbocycles. The Morgan fingerprint density at radius 3 is 1.33 bits per heavy atom. The van der Waals surface area contributed by atoms with Crippen molar-refractivity contribution in [2.45, 2.75) is 154 Å². The Hall–Kier alpha value is 1.51. The van der Waals surface area contributed by atoms with Crippen LogP contribution in [0.5, 0.6) is 0 Å². The largest absolute Gasteiger partial charge is 1.00 e. The van der Waals surface area contributed by atoms with Crippen molar-refractivity contribution in [3.05, 3.63) is 0 Å². The monoisotopic (exact) mass is 472 g/mol. The van der Waals surface area contributed by atoms with Crippen LogP contribution in [0.4, 0.5) is 0 Å². The van der Waals surface area contributed by atoms with E-state index in [0.717, 1.165) is 57.8 Å². The van der Waals surface area contributed by atoms with Crippen molar-refractivity contribution in [1.29, 1.82) is 0 Å². The first-order chi connectivity index (χ1) is 13.9. The van der Waals surface area contributed by atoms with Gasteiger partial charge in [0.15, 0.2) is 0 Å². The molecule has 30 heavy (non-hydrogen) atoms. The van der Waals surface area contributed by atoms with E-state index in [4.69, 9.17) is 0 Å². The van der Waals surface area contributed by atoms with Gasteiger partial charge in [-0.05, 0) is 25.7 Å². The van der Waals surface area contributed by atoms with Gasteiger partial charge in [-0.1, -0.05) is 117 Å². The van der Waals surface area contributed by atoms with Gasteiger partial charge in [0.25, 0.3) is 0 Å². The van der Waals surface area contributed by atoms with Gasteiger partial charge < -0.3 is 9.66 Å². The van der Waals surface area contributed by atoms with Crippen molar-refractivity contribution in [1.82, 2.24) is 0 Å². The average molecular weight is 473 g/mol. The van der Waals surface area contributed by atoms with E-state index in [1.807, 2.05) is 0 Å². The SMILES string of the molecule is CCCCCCCCCCCCC(O)CCCCC(CCCCCC)S(=O)(=O)[O-].[K+]. The molecule has 0 aromatic heterocycles. The first kappa shape index (κ1) is 33.7. The molecule has 4 nitrogen and oxygen atoms in total. The summed E-state index contributed by atoms with van der Waals surface area (Å²) in [5.74, 6) is 0. The minimum Gasteiger partial charge on any atom is -0.748 e. The predicted octanol–water partition coefficient (Wildman–Crippen LogP) is 4.11. The Morgan fingerprint density at radius 2 is 0.900 bits per heavy atom. The molecule has 0 spiro atoms. The molecule has 0 saturated carbocycles. The van der Waals surface area contributed by atoms with Crippen LogP contribution >= 0.6 is 0 Å². The van der Waals surface area contributed by atoms with Crippen LogP contribution in [0, 0.1) is 0 Å². The number of rotatable bonds is 22. The summed E-state index contributed by atoms with van der Waals surface area (Å²) in [7, 11) is -4.20. The van der Waals surface area contributed by atoms with Crippen LogP contribution in [0.25, 0.3) is 0 Å². The minimum absolute atomic E-state index is 0. The summed E-state index contributed by atoms with van der Waals surface area (Å²) < 4.78 is 34.3. The third-order valence-corrected chi connectivity index (χ3v) is 7.28. The maximum atomic E-state index is 11.4. The quantitative estimate of drug-likeness (QED) is 0.146. The minimum atomic E-state index is -4.20. The Bertz CT molecular complexity index is 442. The molecule has 0 aromatic carbocycles. The van der Waals surface area contributed by atoms with Gasteiger partial charge in [0.2, 0.25) is 0 Å². The van der Waals surface area contributed by atoms with Crippen LogP contribution in [0.15, 0.2) is 0 Å². The van der Waals surface area contributed by atoms with Crippen LogP contribution in [0.1, 0.15) is 142 Å². The molecule has 0 heterocycles. The van der Waals surface area contributed by atoms with Crippen molar-refractivity contribution < 1.29 is 69.5 Å². The number of unbranched alkanes of at least 4 members (excludes halogenated alkanes) is 13. The summed E-state index contributed by atoms with van der Waals surface area (Å²) >= 11 is 0. The normalized spacial score (nSPS) is 13.7. The molecule has 6 heteroatoms. The van der Waals surface area contributed by atoms with Crippen molar-refractivity contribution >= 4 is 10.1 Å². The molecular weight excluding hydrogens is 423 g/mol. The first-order valence-electron chi connectivity index (χ1n) is 12.5. The van der Waals surface area contributed by atoms with E-state index in [0.29, 0.717) is 12.8 Å². The van der Waals surface area contributed by atoms with E-state index in [2.05, 4.69) is 13.8 Å². The number of hydrogen-bond acceptors (Lipinski definition) is 4. The molecular formula is C24H49KO4S. The average Bonchev–Trinajstić information content (AvgIpc) is 2.67. The predicted molar refractivity (Wildman–Crippen MR) is 123 cm³/mol. The molecule has 176 valence electrons. The number of aliphatic hydroxyl groups excluding tert-OH is 1. The summed E-state index contributed by atoms with van der Waals surface area (Å²) in [5.41, 5.74) is 0. The van der Waals surface area contributed by atoms with E-state index >= 15 is 0 Å². The molecule has 2 atom stereocenters. The van der Waals surface area contributed by atoms with Gasteiger partial charge in [0, 0.05) is 5.25 Å². The van der Waals surface area contributed by atoms with E-state index in [1.165, 1.54) is 57.8 Å². The Kier molecular flexibility index (Phi) is 26.6. The molecule has 0 aliphatic rings. The molecule has 0 aliphatic heterocycles.